The van der Waals surface area contributed by atoms with Gasteiger partial charge in [-0.1, -0.05) is 0 Å². The van der Waals surface area contributed by atoms with Gasteiger partial charge in [-0.2, -0.15) is 4.39 Å². The molecule has 142 valence electrons. The Kier molecular flexibility index (Phi) is 6.10. The number of ether oxygens (including phenoxy) is 3. The predicted octanol–water partition coefficient (Wildman–Crippen LogP) is -5.10. The summed E-state index contributed by atoms with van der Waals surface area (Å²) < 4.78 is 28.0. The first-order chi connectivity index (χ1) is 11.1. The van der Waals surface area contributed by atoms with Crippen LogP contribution in [0.2, 0.25) is 0 Å². The summed E-state index contributed by atoms with van der Waals surface area (Å²) in [6.45, 7) is -1.41. The van der Waals surface area contributed by atoms with Crippen molar-refractivity contribution in [3.8, 4) is 0 Å². The van der Waals surface area contributed by atoms with Gasteiger partial charge in [-0.25, -0.2) is 0 Å². The number of aliphatic hydroxyl groups excluding tert-OH is 7. The number of rotatable bonds is 4. The number of halogens is 1. The number of aliphatic hydroxyl groups is 8. The Labute approximate surface area is 135 Å². The van der Waals surface area contributed by atoms with Crippen molar-refractivity contribution in [1.82, 2.24) is 0 Å². The summed E-state index contributed by atoms with van der Waals surface area (Å²) in [6.07, 6.45) is -15.8. The Bertz CT molecular complexity index is 422. The van der Waals surface area contributed by atoms with E-state index in [-0.39, 0.29) is 0 Å². The maximum absolute atomic E-state index is 13.6. The van der Waals surface area contributed by atoms with Crippen LogP contribution in [0, 0.1) is 0 Å². The average Bonchev–Trinajstić information content (AvgIpc) is 2.54. The van der Waals surface area contributed by atoms with Crippen molar-refractivity contribution in [2.45, 2.75) is 61.2 Å². The van der Waals surface area contributed by atoms with Crippen LogP contribution in [0.4, 0.5) is 4.39 Å². The monoisotopic (exact) mass is 360 g/mol. The highest BCUT2D eigenvalue weighted by Crippen LogP contribution is 2.30. The highest BCUT2D eigenvalue weighted by atomic mass is 19.2. The number of alkyl halides is 1. The van der Waals surface area contributed by atoms with E-state index in [1.54, 1.807) is 0 Å². The first-order valence-electron chi connectivity index (χ1n) is 7.15. The second kappa shape index (κ2) is 7.39. The molecule has 0 unspecified atom stereocenters. The van der Waals surface area contributed by atoms with Crippen LogP contribution in [0.15, 0.2) is 0 Å². The molecule has 0 aromatic heterocycles. The van der Waals surface area contributed by atoms with Crippen LogP contribution in [0.5, 0.6) is 0 Å². The lowest BCUT2D eigenvalue weighted by molar-refractivity contribution is -0.409. The summed E-state index contributed by atoms with van der Waals surface area (Å²) in [6, 6.07) is -3.64. The van der Waals surface area contributed by atoms with E-state index in [1.807, 2.05) is 0 Å². The molecule has 0 saturated carbocycles. The van der Waals surface area contributed by atoms with Gasteiger partial charge in [0.2, 0.25) is 0 Å². The van der Waals surface area contributed by atoms with Gasteiger partial charge in [-0.3, -0.25) is 0 Å². The molecule has 0 aliphatic carbocycles. The Morgan fingerprint density at radius 1 is 0.875 bits per heavy atom. The van der Waals surface area contributed by atoms with Crippen LogP contribution in [0.25, 0.3) is 0 Å². The molecule has 12 heteroatoms. The molecule has 10 atom stereocenters. The zero-order chi connectivity index (χ0) is 18.2. The lowest BCUT2D eigenvalue weighted by atomic mass is 9.98. The largest absolute Gasteiger partial charge is 0.394 e. The lowest BCUT2D eigenvalue weighted by Gasteiger charge is -2.43. The Balaban J connectivity index is 1.99. The summed E-state index contributed by atoms with van der Waals surface area (Å²) >= 11 is 0. The van der Waals surface area contributed by atoms with E-state index in [1.165, 1.54) is 0 Å². The molecule has 11 nitrogen and oxygen atoms in total. The predicted molar refractivity (Wildman–Crippen MR) is 68.7 cm³/mol. The maximum Gasteiger partial charge on any atom is 0.347 e. The Morgan fingerprint density at radius 2 is 1.46 bits per heavy atom. The molecule has 2 rings (SSSR count). The molecular weight excluding hydrogens is 339 g/mol. The van der Waals surface area contributed by atoms with Gasteiger partial charge >= 0.3 is 6.04 Å². The van der Waals surface area contributed by atoms with E-state index >= 15 is 0 Å². The smallest absolute Gasteiger partial charge is 0.347 e. The van der Waals surface area contributed by atoms with Crippen LogP contribution in [-0.4, -0.2) is 115 Å². The maximum atomic E-state index is 13.6. The molecule has 2 fully saturated rings. The SMILES string of the molecule is OC[C@H]1O[C@H](OC[C@H]2O[C@@](O)(F)[C@H](O)[C@@H](O)[C@@H]2O)[C@H](O)[C@@H](O)[C@@H]1O. The zero-order valence-electron chi connectivity index (χ0n) is 12.3. The topological polar surface area (TPSA) is 190 Å². The first-order valence-corrected chi connectivity index (χ1v) is 7.15. The zero-order valence-corrected chi connectivity index (χ0v) is 12.3. The van der Waals surface area contributed by atoms with Crippen LogP contribution >= 0.6 is 0 Å². The van der Waals surface area contributed by atoms with Crippen molar-refractivity contribution < 1.29 is 59.5 Å². The fourth-order valence-corrected chi connectivity index (χ4v) is 2.50. The molecule has 0 amide bonds. The third-order valence-electron chi connectivity index (χ3n) is 4.01. The lowest BCUT2D eigenvalue weighted by Crippen LogP contribution is -2.64. The minimum Gasteiger partial charge on any atom is -0.394 e. The van der Waals surface area contributed by atoms with E-state index < -0.39 is 74.4 Å². The van der Waals surface area contributed by atoms with E-state index in [0.29, 0.717) is 0 Å². The highest BCUT2D eigenvalue weighted by Gasteiger charge is 2.54. The minimum atomic E-state index is -3.64. The van der Waals surface area contributed by atoms with Gasteiger partial charge in [0.15, 0.2) is 12.4 Å². The molecule has 2 aliphatic heterocycles. The number of hydrogen-bond donors (Lipinski definition) is 8. The molecule has 0 aromatic carbocycles. The van der Waals surface area contributed by atoms with Gasteiger partial charge in [-0.05, 0) is 0 Å². The summed E-state index contributed by atoms with van der Waals surface area (Å²) in [5, 5.41) is 75.6. The van der Waals surface area contributed by atoms with Crippen molar-refractivity contribution in [1.29, 1.82) is 0 Å². The van der Waals surface area contributed by atoms with Crippen LogP contribution < -0.4 is 0 Å². The van der Waals surface area contributed by atoms with Gasteiger partial charge in [0.1, 0.15) is 42.7 Å². The van der Waals surface area contributed by atoms with Crippen molar-refractivity contribution >= 4 is 0 Å². The first kappa shape index (κ1) is 19.8. The fraction of sp³-hybridized carbons (Fsp3) is 1.00. The molecule has 24 heavy (non-hydrogen) atoms. The van der Waals surface area contributed by atoms with Crippen LogP contribution in [0.1, 0.15) is 0 Å². The second-order valence-corrected chi connectivity index (χ2v) is 5.72. The Hall–Kier alpha value is -0.510. The molecule has 8 N–H and O–H groups in total. The normalized spacial score (nSPS) is 53.1. The molecule has 0 spiro atoms. The van der Waals surface area contributed by atoms with E-state index in [4.69, 9.17) is 14.6 Å². The van der Waals surface area contributed by atoms with Crippen LogP contribution in [0.3, 0.4) is 0 Å². The third kappa shape index (κ3) is 3.68. The van der Waals surface area contributed by atoms with E-state index in [9.17, 15) is 40.1 Å². The van der Waals surface area contributed by atoms with Gasteiger partial charge < -0.3 is 55.1 Å². The molecule has 0 aromatic rings. The Morgan fingerprint density at radius 3 is 2.04 bits per heavy atom. The molecular formula is C12H21FO11. The van der Waals surface area contributed by atoms with E-state index in [0.717, 1.165) is 0 Å². The second-order valence-electron chi connectivity index (χ2n) is 5.72. The standard InChI is InChI=1S/C12H21FO11/c13-12(21)10(20)8(18)6(16)4(24-12)2-22-11-9(19)7(17)5(15)3(1-14)23-11/h3-11,14-21H,1-2H2/t3-,4-,5-,6-,7+,8+,9-,10-,11+,12-/m1/s1. The van der Waals surface area contributed by atoms with E-state index in [2.05, 4.69) is 4.74 Å². The van der Waals surface area contributed by atoms with Gasteiger partial charge in [0, 0.05) is 0 Å². The molecule has 0 bridgehead atoms. The van der Waals surface area contributed by atoms with Crippen LogP contribution in [-0.2, 0) is 14.2 Å². The summed E-state index contributed by atoms with van der Waals surface area (Å²) in [4.78, 5) is 0. The molecule has 0 radical (unpaired) electrons. The minimum absolute atomic E-state index is 0.692. The average molecular weight is 360 g/mol. The molecule has 2 saturated heterocycles. The van der Waals surface area contributed by atoms with Crippen molar-refractivity contribution in [3.05, 3.63) is 0 Å². The summed E-state index contributed by atoms with van der Waals surface area (Å²) in [5.74, 6) is 0. The van der Waals surface area contributed by atoms with Gasteiger partial charge in [-0.15, -0.1) is 0 Å². The third-order valence-corrected chi connectivity index (χ3v) is 4.01. The highest BCUT2D eigenvalue weighted by molar-refractivity contribution is 4.93. The fourth-order valence-electron chi connectivity index (χ4n) is 2.50. The molecule has 2 aliphatic rings. The van der Waals surface area contributed by atoms with Crippen molar-refractivity contribution in [2.24, 2.45) is 0 Å². The quantitative estimate of drug-likeness (QED) is 0.239. The summed E-state index contributed by atoms with van der Waals surface area (Å²) in [7, 11) is 0. The summed E-state index contributed by atoms with van der Waals surface area (Å²) in [5.41, 5.74) is 0. The number of hydrogen-bond acceptors (Lipinski definition) is 11. The van der Waals surface area contributed by atoms with Gasteiger partial charge in [0.25, 0.3) is 0 Å². The van der Waals surface area contributed by atoms with Gasteiger partial charge in [0.05, 0.1) is 13.2 Å². The molecule has 2 heterocycles. The van der Waals surface area contributed by atoms with Crippen molar-refractivity contribution in [2.75, 3.05) is 13.2 Å². The van der Waals surface area contributed by atoms with Crippen molar-refractivity contribution in [3.63, 3.8) is 0 Å².